The first-order valence-electron chi connectivity index (χ1n) is 25.7. The van der Waals surface area contributed by atoms with Gasteiger partial charge in [-0.1, -0.05) is 88.4 Å². The minimum Gasteiger partial charge on any atom is -0.391 e. The van der Waals surface area contributed by atoms with Gasteiger partial charge in [-0.25, -0.2) is 4.79 Å². The van der Waals surface area contributed by atoms with Gasteiger partial charge in [0.25, 0.3) is 5.91 Å². The van der Waals surface area contributed by atoms with Crippen molar-refractivity contribution in [1.29, 1.82) is 0 Å². The van der Waals surface area contributed by atoms with Gasteiger partial charge in [0.2, 0.25) is 41.4 Å². The molecule has 0 aromatic heterocycles. The number of nitrogens with zero attached hydrogens (tertiary/aromatic N) is 6. The maximum absolute atomic E-state index is 14.8. The quantitative estimate of drug-likeness (QED) is 0.135. The first-order chi connectivity index (χ1) is 34.4. The van der Waals surface area contributed by atoms with E-state index in [4.69, 9.17) is 0 Å². The fourth-order valence-electron chi connectivity index (χ4n) is 9.46. The maximum atomic E-state index is 14.8. The van der Waals surface area contributed by atoms with E-state index in [0.717, 1.165) is 24.2 Å². The molecule has 8 atom stereocenters. The number of amides is 10. The summed E-state index contributed by atoms with van der Waals surface area (Å²) in [5, 5.41) is 19.3. The summed E-state index contributed by atoms with van der Waals surface area (Å²) in [6.45, 7) is 13.1. The Balaban J connectivity index is 1.61. The first kappa shape index (κ1) is 59.2. The van der Waals surface area contributed by atoms with Crippen LogP contribution in [0.5, 0.6) is 0 Å². The number of hydrogen-bond acceptors (Lipinski definition) is 10. The number of piperidine rings is 1. The zero-order valence-electron chi connectivity index (χ0n) is 44.8. The number of aliphatic hydroxyl groups is 1. The molecule has 0 radical (unpaired) electrons. The molecule has 0 unspecified atom stereocenters. The molecule has 2 aliphatic heterocycles. The van der Waals surface area contributed by atoms with Crippen LogP contribution in [0, 0.1) is 11.8 Å². The summed E-state index contributed by atoms with van der Waals surface area (Å²) < 4.78 is 0. The van der Waals surface area contributed by atoms with Crippen molar-refractivity contribution < 1.29 is 48.3 Å². The third kappa shape index (κ3) is 16.3. The van der Waals surface area contributed by atoms with Crippen LogP contribution in [0.1, 0.15) is 105 Å². The standard InChI is InChI=1S/C54H81N9O10/c1-34(2)30-41(51(70)63-29-21-26-42(63)47(66)57-54(73)62-27-19-14-20-28-62)55-48(67)43(32-39-22-15-12-16-23-39)61(11)53(72)46(37(6)64)56-49(68)44(33-40-24-17-13-18-25-40)60(10)50(69)36(5)58(8)52(71)45(31-35(3)4)59(9)38(7)65/h12-13,15-18,22-25,34-37,41-46,64H,14,19-21,26-33H2,1-11H3,(H,55,67)(H,56,68)(H,57,66,73)/t36-,37+,41-,42-,43-,44-,45-,46-/m0/s1. The summed E-state index contributed by atoms with van der Waals surface area (Å²) in [7, 11) is 5.80. The molecule has 2 saturated heterocycles. The molecule has 73 heavy (non-hydrogen) atoms. The van der Waals surface area contributed by atoms with E-state index in [0.29, 0.717) is 43.5 Å². The van der Waals surface area contributed by atoms with E-state index >= 15 is 0 Å². The highest BCUT2D eigenvalue weighted by molar-refractivity contribution is 6.01. The number of urea groups is 1. The van der Waals surface area contributed by atoms with Crippen molar-refractivity contribution in [3.05, 3.63) is 71.8 Å². The van der Waals surface area contributed by atoms with Gasteiger partial charge in [-0.05, 0) is 81.8 Å². The fourth-order valence-corrected chi connectivity index (χ4v) is 9.46. The lowest BCUT2D eigenvalue weighted by Gasteiger charge is -2.37. The summed E-state index contributed by atoms with van der Waals surface area (Å²) in [4.78, 5) is 134. The number of likely N-dealkylation sites (tertiary alicyclic amines) is 2. The van der Waals surface area contributed by atoms with Crippen LogP contribution in [0.15, 0.2) is 60.7 Å². The molecular weight excluding hydrogens is 935 g/mol. The first-order valence-corrected chi connectivity index (χ1v) is 25.7. The van der Waals surface area contributed by atoms with Crippen LogP contribution in [0.25, 0.3) is 0 Å². The van der Waals surface area contributed by atoms with E-state index in [9.17, 15) is 48.3 Å². The molecule has 2 heterocycles. The number of aliphatic hydroxyl groups excluding tert-OH is 1. The lowest BCUT2D eigenvalue weighted by Crippen LogP contribution is -2.62. The molecule has 402 valence electrons. The highest BCUT2D eigenvalue weighted by Crippen LogP contribution is 2.23. The van der Waals surface area contributed by atoms with Crippen LogP contribution in [0.2, 0.25) is 0 Å². The second kappa shape index (κ2) is 27.6. The Hall–Kier alpha value is -6.37. The largest absolute Gasteiger partial charge is 0.391 e. The van der Waals surface area contributed by atoms with Gasteiger partial charge in [0.15, 0.2) is 0 Å². The van der Waals surface area contributed by atoms with Crippen molar-refractivity contribution in [3.63, 3.8) is 0 Å². The Morgan fingerprint density at radius 1 is 0.603 bits per heavy atom. The predicted molar refractivity (Wildman–Crippen MR) is 276 cm³/mol. The number of likely N-dealkylation sites (N-methyl/N-ethyl adjacent to an activating group) is 4. The summed E-state index contributed by atoms with van der Waals surface area (Å²) >= 11 is 0. The van der Waals surface area contributed by atoms with Crippen molar-refractivity contribution in [1.82, 2.24) is 45.3 Å². The number of rotatable bonds is 22. The SMILES string of the molecule is CC(=O)N(C)[C@@H](CC(C)C)C(=O)N(C)[C@@H](C)C(=O)N(C)[C@@H](Cc1ccccc1)C(=O)N[C@H](C(=O)N(C)[C@@H](Cc1ccccc1)C(=O)N[C@@H](CC(C)C)C(=O)N1CCC[C@H]1C(=O)NC(=O)N1CCCCC1)[C@@H](C)O. The van der Waals surface area contributed by atoms with E-state index in [1.54, 1.807) is 65.6 Å². The van der Waals surface area contributed by atoms with Gasteiger partial charge in [-0.2, -0.15) is 0 Å². The minimum absolute atomic E-state index is 0.0164. The molecule has 4 rings (SSSR count). The van der Waals surface area contributed by atoms with Crippen molar-refractivity contribution in [2.24, 2.45) is 11.8 Å². The average Bonchev–Trinajstić information content (AvgIpc) is 3.87. The normalized spacial score (nSPS) is 17.5. The van der Waals surface area contributed by atoms with E-state index < -0.39 is 95.8 Å². The maximum Gasteiger partial charge on any atom is 0.324 e. The van der Waals surface area contributed by atoms with Crippen LogP contribution < -0.4 is 16.0 Å². The molecule has 2 aromatic carbocycles. The van der Waals surface area contributed by atoms with Gasteiger partial charge in [-0.3, -0.25) is 43.7 Å². The van der Waals surface area contributed by atoms with Crippen molar-refractivity contribution >= 4 is 53.3 Å². The van der Waals surface area contributed by atoms with E-state index in [1.807, 2.05) is 27.7 Å². The number of benzene rings is 2. The lowest BCUT2D eigenvalue weighted by atomic mass is 9.99. The molecule has 19 nitrogen and oxygen atoms in total. The van der Waals surface area contributed by atoms with Gasteiger partial charge in [-0.15, -0.1) is 0 Å². The third-order valence-corrected chi connectivity index (χ3v) is 14.1. The van der Waals surface area contributed by atoms with Gasteiger partial charge >= 0.3 is 6.03 Å². The zero-order chi connectivity index (χ0) is 54.3. The van der Waals surface area contributed by atoms with E-state index in [-0.39, 0.29) is 43.6 Å². The third-order valence-electron chi connectivity index (χ3n) is 14.1. The van der Waals surface area contributed by atoms with Crippen molar-refractivity contribution in [2.45, 2.75) is 155 Å². The van der Waals surface area contributed by atoms with E-state index in [1.165, 1.54) is 68.6 Å². The van der Waals surface area contributed by atoms with Crippen LogP contribution in [-0.2, 0) is 51.2 Å². The van der Waals surface area contributed by atoms with Gasteiger partial charge in [0, 0.05) is 67.6 Å². The predicted octanol–water partition coefficient (Wildman–Crippen LogP) is 2.98. The van der Waals surface area contributed by atoms with Crippen molar-refractivity contribution in [2.75, 3.05) is 47.8 Å². The van der Waals surface area contributed by atoms with Gasteiger partial charge in [0.05, 0.1) is 6.10 Å². The van der Waals surface area contributed by atoms with Crippen LogP contribution >= 0.6 is 0 Å². The van der Waals surface area contributed by atoms with Crippen molar-refractivity contribution in [3.8, 4) is 0 Å². The Labute approximate surface area is 431 Å². The smallest absolute Gasteiger partial charge is 0.324 e. The Bertz CT molecular complexity index is 2220. The molecule has 10 amide bonds. The molecule has 4 N–H and O–H groups in total. The second-order valence-electron chi connectivity index (χ2n) is 20.7. The number of carbonyl (C=O) groups is 9. The molecule has 0 bridgehead atoms. The zero-order valence-corrected chi connectivity index (χ0v) is 44.8. The van der Waals surface area contributed by atoms with Crippen LogP contribution in [0.4, 0.5) is 4.79 Å². The van der Waals surface area contributed by atoms with E-state index in [2.05, 4.69) is 16.0 Å². The van der Waals surface area contributed by atoms with Crippen LogP contribution in [-0.4, -0.2) is 184 Å². The molecule has 0 aliphatic carbocycles. The number of imide groups is 1. The highest BCUT2D eigenvalue weighted by Gasteiger charge is 2.42. The Morgan fingerprint density at radius 3 is 1.60 bits per heavy atom. The van der Waals surface area contributed by atoms with Gasteiger partial charge < -0.3 is 45.1 Å². The summed E-state index contributed by atoms with van der Waals surface area (Å²) in [6.07, 6.45) is 2.52. The lowest BCUT2D eigenvalue weighted by molar-refractivity contribution is -0.151. The monoisotopic (exact) mass is 1020 g/mol. The molecule has 19 heteroatoms. The Kier molecular flexibility index (Phi) is 22.4. The van der Waals surface area contributed by atoms with Gasteiger partial charge in [0.1, 0.15) is 42.3 Å². The number of carbonyl (C=O) groups excluding carboxylic acids is 9. The fraction of sp³-hybridized carbons (Fsp3) is 0.611. The molecule has 0 saturated carbocycles. The molecular formula is C54H81N9O10. The molecule has 2 aliphatic rings. The molecule has 2 fully saturated rings. The second-order valence-corrected chi connectivity index (χ2v) is 20.7. The summed E-state index contributed by atoms with van der Waals surface area (Å²) in [5.74, 6) is -4.83. The molecule has 0 spiro atoms. The summed E-state index contributed by atoms with van der Waals surface area (Å²) in [5.41, 5.74) is 1.35. The topological polar surface area (TPSA) is 229 Å². The average molecular weight is 1020 g/mol. The number of hydrogen-bond donors (Lipinski definition) is 4. The summed E-state index contributed by atoms with van der Waals surface area (Å²) in [6, 6.07) is 9.15. The molecule has 2 aromatic rings. The highest BCUT2D eigenvalue weighted by atomic mass is 16.3. The minimum atomic E-state index is -1.63. The Morgan fingerprint density at radius 2 is 1.11 bits per heavy atom. The number of nitrogens with one attached hydrogen (secondary N) is 3. The van der Waals surface area contributed by atoms with Crippen LogP contribution in [0.3, 0.4) is 0 Å².